The van der Waals surface area contributed by atoms with Crippen LogP contribution < -0.4 is 0 Å². The third kappa shape index (κ3) is 7.07. The van der Waals surface area contributed by atoms with Gasteiger partial charge in [-0.2, -0.15) is 0 Å². The lowest BCUT2D eigenvalue weighted by atomic mass is 10.3. The van der Waals surface area contributed by atoms with Gasteiger partial charge in [-0.1, -0.05) is 6.58 Å². The van der Waals surface area contributed by atoms with E-state index in [9.17, 15) is 4.79 Å². The van der Waals surface area contributed by atoms with Crippen LogP contribution in [0.3, 0.4) is 0 Å². The number of aliphatic hydroxyl groups is 2. The van der Waals surface area contributed by atoms with Gasteiger partial charge in [0.15, 0.2) is 0 Å². The fraction of sp³-hybridized carbons (Fsp3) is 0.700. The predicted octanol–water partition coefficient (Wildman–Crippen LogP) is -0.134. The van der Waals surface area contributed by atoms with E-state index in [2.05, 4.69) is 6.58 Å². The van der Waals surface area contributed by atoms with Crippen LogP contribution in [0.4, 0.5) is 0 Å². The average molecular weight is 218 g/mol. The number of hydrogen-bond acceptors (Lipinski definition) is 5. The van der Waals surface area contributed by atoms with Gasteiger partial charge in [0.25, 0.3) is 0 Å². The molecule has 0 radical (unpaired) electrons. The minimum Gasteiger partial charge on any atom is -0.462 e. The van der Waals surface area contributed by atoms with E-state index in [1.165, 1.54) is 0 Å². The van der Waals surface area contributed by atoms with Crippen molar-refractivity contribution in [3.8, 4) is 0 Å². The highest BCUT2D eigenvalue weighted by molar-refractivity contribution is 5.86. The molecule has 2 N–H and O–H groups in total. The first-order chi connectivity index (χ1) is 7.11. The molecular weight excluding hydrogens is 200 g/mol. The first-order valence-electron chi connectivity index (χ1n) is 4.77. The summed E-state index contributed by atoms with van der Waals surface area (Å²) in [6, 6.07) is 0. The molecule has 0 aromatic carbocycles. The van der Waals surface area contributed by atoms with Crippen LogP contribution >= 0.6 is 0 Å². The lowest BCUT2D eigenvalue weighted by Gasteiger charge is -2.12. The molecule has 0 aliphatic rings. The lowest BCUT2D eigenvalue weighted by Crippen LogP contribution is -2.23. The first-order valence-corrected chi connectivity index (χ1v) is 4.77. The van der Waals surface area contributed by atoms with E-state index in [4.69, 9.17) is 19.7 Å². The van der Waals surface area contributed by atoms with Crippen LogP contribution in [0.5, 0.6) is 0 Å². The molecule has 0 unspecified atom stereocenters. The monoisotopic (exact) mass is 218 g/mol. The topological polar surface area (TPSA) is 76.0 Å². The van der Waals surface area contributed by atoms with Crippen LogP contribution in [-0.2, 0) is 14.3 Å². The Balaban J connectivity index is 3.39. The SMILES string of the molecule is C=C(C)C(=O)OCCCOC(CO)CO. The number of aliphatic hydroxyl groups excluding tert-OH is 2. The number of hydrogen-bond donors (Lipinski definition) is 2. The number of rotatable bonds is 8. The summed E-state index contributed by atoms with van der Waals surface area (Å²) < 4.78 is 9.88. The highest BCUT2D eigenvalue weighted by atomic mass is 16.5. The molecule has 0 aliphatic heterocycles. The molecule has 5 nitrogen and oxygen atoms in total. The Kier molecular flexibility index (Phi) is 7.89. The molecule has 5 heteroatoms. The zero-order valence-electron chi connectivity index (χ0n) is 8.94. The van der Waals surface area contributed by atoms with Gasteiger partial charge in [-0.3, -0.25) is 0 Å². The summed E-state index contributed by atoms with van der Waals surface area (Å²) >= 11 is 0. The molecule has 0 saturated carbocycles. The minimum atomic E-state index is -0.554. The number of carbonyl (C=O) groups is 1. The van der Waals surface area contributed by atoms with Crippen LogP contribution in [0.2, 0.25) is 0 Å². The van der Waals surface area contributed by atoms with Crippen molar-refractivity contribution in [3.63, 3.8) is 0 Å². The molecule has 0 amide bonds. The van der Waals surface area contributed by atoms with Gasteiger partial charge in [-0.15, -0.1) is 0 Å². The Labute approximate surface area is 89.3 Å². The van der Waals surface area contributed by atoms with Gasteiger partial charge < -0.3 is 19.7 Å². The minimum absolute atomic E-state index is 0.220. The molecular formula is C10H18O5. The summed E-state index contributed by atoms with van der Waals surface area (Å²) in [6.07, 6.45) is -0.0305. The molecule has 0 spiro atoms. The molecule has 0 fully saturated rings. The number of esters is 1. The van der Waals surface area contributed by atoms with Gasteiger partial charge in [0.2, 0.25) is 0 Å². The van der Waals surface area contributed by atoms with Gasteiger partial charge in [-0.25, -0.2) is 4.79 Å². The van der Waals surface area contributed by atoms with E-state index >= 15 is 0 Å². The zero-order valence-corrected chi connectivity index (χ0v) is 8.94. The van der Waals surface area contributed by atoms with Crippen molar-refractivity contribution in [2.75, 3.05) is 26.4 Å². The Morgan fingerprint density at radius 1 is 1.33 bits per heavy atom. The maximum atomic E-state index is 10.9. The number of ether oxygens (including phenoxy) is 2. The van der Waals surface area contributed by atoms with E-state index in [1.807, 2.05) is 0 Å². The smallest absolute Gasteiger partial charge is 0.333 e. The van der Waals surface area contributed by atoms with Crippen LogP contribution in [0, 0.1) is 0 Å². The molecule has 0 saturated heterocycles. The Hall–Kier alpha value is -0.910. The van der Waals surface area contributed by atoms with Crippen molar-refractivity contribution in [1.82, 2.24) is 0 Å². The quantitative estimate of drug-likeness (QED) is 0.337. The Morgan fingerprint density at radius 2 is 1.93 bits per heavy atom. The summed E-state index contributed by atoms with van der Waals surface area (Å²) in [6.45, 7) is 5.15. The molecule has 88 valence electrons. The van der Waals surface area contributed by atoms with E-state index < -0.39 is 12.1 Å². The van der Waals surface area contributed by atoms with E-state index in [1.54, 1.807) is 6.92 Å². The molecule has 0 aromatic rings. The maximum Gasteiger partial charge on any atom is 0.333 e. The molecule has 0 aromatic heterocycles. The van der Waals surface area contributed by atoms with Gasteiger partial charge in [-0.05, 0) is 6.92 Å². The van der Waals surface area contributed by atoms with Crippen LogP contribution in [-0.4, -0.2) is 48.7 Å². The standard InChI is InChI=1S/C10H18O5/c1-8(2)10(13)15-5-3-4-14-9(6-11)7-12/h9,11-12H,1,3-7H2,2H3. The molecule has 0 atom stereocenters. The van der Waals surface area contributed by atoms with Crippen molar-refractivity contribution in [1.29, 1.82) is 0 Å². The lowest BCUT2D eigenvalue weighted by molar-refractivity contribution is -0.139. The second kappa shape index (κ2) is 8.40. The Morgan fingerprint density at radius 3 is 2.40 bits per heavy atom. The summed E-state index contributed by atoms with van der Waals surface area (Å²) in [4.78, 5) is 10.9. The maximum absolute atomic E-state index is 10.9. The summed E-state index contributed by atoms with van der Waals surface area (Å²) in [7, 11) is 0. The zero-order chi connectivity index (χ0) is 11.7. The summed E-state index contributed by atoms with van der Waals surface area (Å²) in [5.74, 6) is -0.420. The molecule has 15 heavy (non-hydrogen) atoms. The van der Waals surface area contributed by atoms with Crippen molar-refractivity contribution in [3.05, 3.63) is 12.2 Å². The highest BCUT2D eigenvalue weighted by Crippen LogP contribution is 1.95. The normalized spacial score (nSPS) is 10.4. The predicted molar refractivity (Wildman–Crippen MR) is 54.3 cm³/mol. The molecule has 0 heterocycles. The summed E-state index contributed by atoms with van der Waals surface area (Å²) in [5.41, 5.74) is 0.361. The van der Waals surface area contributed by atoms with Crippen LogP contribution in [0.1, 0.15) is 13.3 Å². The fourth-order valence-electron chi connectivity index (χ4n) is 0.760. The summed E-state index contributed by atoms with van der Waals surface area (Å²) in [5, 5.41) is 17.3. The molecule has 0 bridgehead atoms. The molecule has 0 aliphatic carbocycles. The van der Waals surface area contributed by atoms with Crippen LogP contribution in [0.25, 0.3) is 0 Å². The van der Waals surface area contributed by atoms with E-state index in [0.29, 0.717) is 18.6 Å². The van der Waals surface area contributed by atoms with Crippen molar-refractivity contribution >= 4 is 5.97 Å². The van der Waals surface area contributed by atoms with Gasteiger partial charge in [0, 0.05) is 12.0 Å². The van der Waals surface area contributed by atoms with E-state index in [0.717, 1.165) is 0 Å². The van der Waals surface area contributed by atoms with Gasteiger partial charge >= 0.3 is 5.97 Å². The highest BCUT2D eigenvalue weighted by Gasteiger charge is 2.06. The van der Waals surface area contributed by atoms with Gasteiger partial charge in [0.05, 0.1) is 26.4 Å². The Bertz CT molecular complexity index is 198. The first kappa shape index (κ1) is 14.1. The van der Waals surface area contributed by atoms with Gasteiger partial charge in [0.1, 0.15) is 6.10 Å². The van der Waals surface area contributed by atoms with Crippen molar-refractivity contribution < 1.29 is 24.5 Å². The van der Waals surface area contributed by atoms with Crippen molar-refractivity contribution in [2.45, 2.75) is 19.4 Å². The third-order valence-corrected chi connectivity index (χ3v) is 1.63. The molecule has 0 rings (SSSR count). The van der Waals surface area contributed by atoms with E-state index in [-0.39, 0.29) is 19.8 Å². The van der Waals surface area contributed by atoms with Crippen LogP contribution in [0.15, 0.2) is 12.2 Å². The average Bonchev–Trinajstić information content (AvgIpc) is 2.23. The second-order valence-corrected chi connectivity index (χ2v) is 3.13. The third-order valence-electron chi connectivity index (χ3n) is 1.63. The fourth-order valence-corrected chi connectivity index (χ4v) is 0.760. The largest absolute Gasteiger partial charge is 0.462 e. The number of carbonyl (C=O) groups excluding carboxylic acids is 1. The van der Waals surface area contributed by atoms with Crippen molar-refractivity contribution in [2.24, 2.45) is 0 Å². The second-order valence-electron chi connectivity index (χ2n) is 3.13.